The monoisotopic (exact) mass is 243 g/mol. The Bertz CT molecular complexity index is 649. The van der Waals surface area contributed by atoms with Gasteiger partial charge in [0.2, 0.25) is 0 Å². The van der Waals surface area contributed by atoms with Crippen LogP contribution in [0.15, 0.2) is 36.7 Å². The number of nitrogens with two attached hydrogens (primary N) is 1. The number of nitrogens with one attached hydrogen (secondary N) is 1. The Labute approximate surface area is 101 Å². The summed E-state index contributed by atoms with van der Waals surface area (Å²) in [5, 5.41) is 3.97. The minimum absolute atomic E-state index is 0.410. The third-order valence-corrected chi connectivity index (χ3v) is 3.13. The van der Waals surface area contributed by atoms with E-state index in [1.54, 1.807) is 0 Å². The van der Waals surface area contributed by atoms with E-state index < -0.39 is 0 Å². The molecule has 0 spiro atoms. The number of fused-ring (bicyclic) bond motifs is 1. The lowest BCUT2D eigenvalue weighted by Crippen LogP contribution is -1.92. The summed E-state index contributed by atoms with van der Waals surface area (Å²) in [7, 11) is 0. The molecule has 6 heteroatoms. The zero-order chi connectivity index (χ0) is 11.7. The Morgan fingerprint density at radius 3 is 2.71 bits per heavy atom. The van der Waals surface area contributed by atoms with Gasteiger partial charge in [-0.05, 0) is 12.1 Å². The molecule has 0 atom stereocenters. The van der Waals surface area contributed by atoms with Crippen LogP contribution in [-0.4, -0.2) is 15.0 Å². The SMILES string of the molecule is Nc1ncnc2sc(Nc3ccccc3)nc12. The van der Waals surface area contributed by atoms with Gasteiger partial charge in [0, 0.05) is 5.69 Å². The van der Waals surface area contributed by atoms with Crippen LogP contribution in [-0.2, 0) is 0 Å². The van der Waals surface area contributed by atoms with Crippen LogP contribution in [0.1, 0.15) is 0 Å². The van der Waals surface area contributed by atoms with Crippen LogP contribution in [0.4, 0.5) is 16.6 Å². The van der Waals surface area contributed by atoms with E-state index in [1.165, 1.54) is 17.7 Å². The molecule has 0 radical (unpaired) electrons. The highest BCUT2D eigenvalue weighted by molar-refractivity contribution is 7.21. The zero-order valence-electron chi connectivity index (χ0n) is 8.79. The van der Waals surface area contributed by atoms with Crippen molar-refractivity contribution < 1.29 is 0 Å². The number of nitrogen functional groups attached to an aromatic ring is 1. The van der Waals surface area contributed by atoms with Crippen molar-refractivity contribution in [1.29, 1.82) is 0 Å². The molecule has 0 saturated heterocycles. The van der Waals surface area contributed by atoms with E-state index in [-0.39, 0.29) is 0 Å². The van der Waals surface area contributed by atoms with Crippen molar-refractivity contribution in [2.75, 3.05) is 11.1 Å². The van der Waals surface area contributed by atoms with Gasteiger partial charge in [-0.1, -0.05) is 29.5 Å². The topological polar surface area (TPSA) is 76.7 Å². The normalized spacial score (nSPS) is 10.6. The molecule has 0 aliphatic carbocycles. The Morgan fingerprint density at radius 1 is 1.12 bits per heavy atom. The molecule has 2 aromatic heterocycles. The van der Waals surface area contributed by atoms with Gasteiger partial charge in [0.15, 0.2) is 15.8 Å². The fraction of sp³-hybridized carbons (Fsp3) is 0. The summed E-state index contributed by atoms with van der Waals surface area (Å²) in [6.07, 6.45) is 1.45. The van der Waals surface area contributed by atoms with Crippen molar-refractivity contribution in [1.82, 2.24) is 15.0 Å². The largest absolute Gasteiger partial charge is 0.382 e. The fourth-order valence-electron chi connectivity index (χ4n) is 1.47. The Hall–Kier alpha value is -2.21. The number of thiazole rings is 1. The molecule has 5 nitrogen and oxygen atoms in total. The first kappa shape index (κ1) is 9.98. The molecule has 0 saturated carbocycles. The third-order valence-electron chi connectivity index (χ3n) is 2.25. The molecule has 0 unspecified atom stereocenters. The third kappa shape index (κ3) is 1.90. The summed E-state index contributed by atoms with van der Waals surface area (Å²) in [6.45, 7) is 0. The van der Waals surface area contributed by atoms with E-state index >= 15 is 0 Å². The predicted octanol–water partition coefficient (Wildman–Crippen LogP) is 2.41. The quantitative estimate of drug-likeness (QED) is 0.722. The first-order chi connectivity index (χ1) is 8.33. The van der Waals surface area contributed by atoms with E-state index in [2.05, 4.69) is 20.3 Å². The van der Waals surface area contributed by atoms with Crippen LogP contribution in [0.25, 0.3) is 10.3 Å². The van der Waals surface area contributed by atoms with Gasteiger partial charge >= 0.3 is 0 Å². The van der Waals surface area contributed by atoms with Gasteiger partial charge in [-0.3, -0.25) is 0 Å². The first-order valence-corrected chi connectivity index (χ1v) is 5.83. The lowest BCUT2D eigenvalue weighted by molar-refractivity contribution is 1.23. The Morgan fingerprint density at radius 2 is 1.94 bits per heavy atom. The maximum absolute atomic E-state index is 5.73. The molecular formula is C11H9N5S. The van der Waals surface area contributed by atoms with Crippen LogP contribution in [0.5, 0.6) is 0 Å². The summed E-state index contributed by atoms with van der Waals surface area (Å²) < 4.78 is 0. The molecule has 0 aliphatic rings. The van der Waals surface area contributed by atoms with Crippen LogP contribution in [0.3, 0.4) is 0 Å². The maximum atomic E-state index is 5.73. The molecule has 84 valence electrons. The van der Waals surface area contributed by atoms with Gasteiger partial charge in [-0.25, -0.2) is 15.0 Å². The molecule has 0 bridgehead atoms. The van der Waals surface area contributed by atoms with Gasteiger partial charge < -0.3 is 11.1 Å². The second-order valence-corrected chi connectivity index (χ2v) is 4.40. The van der Waals surface area contributed by atoms with E-state index in [9.17, 15) is 0 Å². The van der Waals surface area contributed by atoms with Crippen molar-refractivity contribution in [3.8, 4) is 0 Å². The molecule has 0 fully saturated rings. The number of para-hydroxylation sites is 1. The molecule has 0 aliphatic heterocycles. The maximum Gasteiger partial charge on any atom is 0.189 e. The van der Waals surface area contributed by atoms with Crippen LogP contribution in [0, 0.1) is 0 Å². The van der Waals surface area contributed by atoms with E-state index in [0.29, 0.717) is 11.3 Å². The van der Waals surface area contributed by atoms with Gasteiger partial charge in [0.1, 0.15) is 11.8 Å². The lowest BCUT2D eigenvalue weighted by atomic mass is 10.3. The zero-order valence-corrected chi connectivity index (χ0v) is 9.61. The summed E-state index contributed by atoms with van der Waals surface area (Å²) in [6, 6.07) is 9.84. The Balaban J connectivity index is 1.99. The molecule has 0 amide bonds. The van der Waals surface area contributed by atoms with Gasteiger partial charge in [0.25, 0.3) is 0 Å². The minimum Gasteiger partial charge on any atom is -0.382 e. The lowest BCUT2D eigenvalue weighted by Gasteiger charge is -1.99. The van der Waals surface area contributed by atoms with Crippen molar-refractivity contribution in [2.45, 2.75) is 0 Å². The number of hydrogen-bond acceptors (Lipinski definition) is 6. The van der Waals surface area contributed by atoms with Gasteiger partial charge in [-0.2, -0.15) is 0 Å². The second kappa shape index (κ2) is 3.99. The Kier molecular flexibility index (Phi) is 2.34. The summed E-state index contributed by atoms with van der Waals surface area (Å²) in [4.78, 5) is 13.2. The van der Waals surface area contributed by atoms with Gasteiger partial charge in [0.05, 0.1) is 0 Å². The average Bonchev–Trinajstić information content (AvgIpc) is 2.74. The average molecular weight is 243 g/mol. The molecule has 1 aromatic carbocycles. The van der Waals surface area contributed by atoms with E-state index in [4.69, 9.17) is 5.73 Å². The van der Waals surface area contributed by atoms with E-state index in [0.717, 1.165) is 15.6 Å². The molecular weight excluding hydrogens is 234 g/mol. The molecule has 3 N–H and O–H groups in total. The number of nitrogens with zero attached hydrogens (tertiary/aromatic N) is 3. The number of anilines is 3. The highest BCUT2D eigenvalue weighted by Crippen LogP contribution is 2.28. The van der Waals surface area contributed by atoms with E-state index in [1.807, 2.05) is 30.3 Å². The molecule has 3 aromatic rings. The van der Waals surface area contributed by atoms with Crippen molar-refractivity contribution in [2.24, 2.45) is 0 Å². The smallest absolute Gasteiger partial charge is 0.189 e. The van der Waals surface area contributed by atoms with Crippen molar-refractivity contribution >= 4 is 38.3 Å². The highest BCUT2D eigenvalue weighted by atomic mass is 32.1. The summed E-state index contributed by atoms with van der Waals surface area (Å²) in [5.74, 6) is 0.410. The first-order valence-electron chi connectivity index (χ1n) is 5.02. The number of benzene rings is 1. The van der Waals surface area contributed by atoms with Gasteiger partial charge in [-0.15, -0.1) is 0 Å². The number of aromatic nitrogens is 3. The van der Waals surface area contributed by atoms with Crippen LogP contribution >= 0.6 is 11.3 Å². The molecule has 3 rings (SSSR count). The molecule has 17 heavy (non-hydrogen) atoms. The number of rotatable bonds is 2. The fourth-order valence-corrected chi connectivity index (χ4v) is 2.31. The molecule has 2 heterocycles. The van der Waals surface area contributed by atoms with Crippen LogP contribution in [0.2, 0.25) is 0 Å². The van der Waals surface area contributed by atoms with Crippen molar-refractivity contribution in [3.05, 3.63) is 36.7 Å². The summed E-state index contributed by atoms with van der Waals surface area (Å²) >= 11 is 1.45. The second-order valence-electron chi connectivity index (χ2n) is 3.42. The predicted molar refractivity (Wildman–Crippen MR) is 69.3 cm³/mol. The standard InChI is InChI=1S/C11H9N5S/c12-9-8-10(14-6-13-9)17-11(16-8)15-7-4-2-1-3-5-7/h1-6H,(H,15,16)(H2,12,13,14). The van der Waals surface area contributed by atoms with Crippen LogP contribution < -0.4 is 11.1 Å². The highest BCUT2D eigenvalue weighted by Gasteiger charge is 2.08. The minimum atomic E-state index is 0.410. The summed E-state index contributed by atoms with van der Waals surface area (Å²) in [5.41, 5.74) is 7.36. The van der Waals surface area contributed by atoms with Crippen molar-refractivity contribution in [3.63, 3.8) is 0 Å². The number of hydrogen-bond donors (Lipinski definition) is 2.